The summed E-state index contributed by atoms with van der Waals surface area (Å²) < 4.78 is 15.9. The Bertz CT molecular complexity index is 838. The molecule has 144 valence electrons. The zero-order valence-corrected chi connectivity index (χ0v) is 16.0. The second kappa shape index (κ2) is 7.24. The van der Waals surface area contributed by atoms with Gasteiger partial charge in [0.25, 0.3) is 0 Å². The van der Waals surface area contributed by atoms with Gasteiger partial charge in [0, 0.05) is 25.4 Å². The third kappa shape index (κ3) is 3.28. The van der Waals surface area contributed by atoms with Crippen LogP contribution in [-0.2, 0) is 9.53 Å². The Hall–Kier alpha value is -2.52. The van der Waals surface area contributed by atoms with Gasteiger partial charge in [0.1, 0.15) is 5.82 Å². The molecule has 1 atom stereocenters. The van der Waals surface area contributed by atoms with Crippen LogP contribution < -0.4 is 19.7 Å². The van der Waals surface area contributed by atoms with Crippen molar-refractivity contribution >= 4 is 28.2 Å². The molecule has 1 saturated heterocycles. The highest BCUT2D eigenvalue weighted by Crippen LogP contribution is 2.47. The summed E-state index contributed by atoms with van der Waals surface area (Å²) in [4.78, 5) is 20.1. The minimum atomic E-state index is -0.176. The predicted molar refractivity (Wildman–Crippen MR) is 101 cm³/mol. The number of aromatic nitrogens is 1. The largest absolute Gasteiger partial charge is 0.502 e. The van der Waals surface area contributed by atoms with E-state index in [9.17, 15) is 9.90 Å². The molecule has 2 aliphatic rings. The van der Waals surface area contributed by atoms with E-state index < -0.39 is 0 Å². The summed E-state index contributed by atoms with van der Waals surface area (Å²) >= 11 is 1.58. The maximum atomic E-state index is 12.3. The van der Waals surface area contributed by atoms with Crippen LogP contribution in [0.1, 0.15) is 22.8 Å². The van der Waals surface area contributed by atoms with Gasteiger partial charge in [-0.05, 0) is 17.7 Å². The number of thiazole rings is 1. The quantitative estimate of drug-likeness (QED) is 0.825. The number of phenolic OH excluding ortho intramolecular Hbond substituents is 1. The van der Waals surface area contributed by atoms with Crippen LogP contribution in [0.5, 0.6) is 17.2 Å². The van der Waals surface area contributed by atoms with Crippen molar-refractivity contribution in [2.45, 2.75) is 12.3 Å². The molecule has 0 unspecified atom stereocenters. The van der Waals surface area contributed by atoms with Gasteiger partial charge in [-0.15, -0.1) is 0 Å². The Morgan fingerprint density at radius 1 is 1.26 bits per heavy atom. The van der Waals surface area contributed by atoms with Gasteiger partial charge in [-0.2, -0.15) is 0 Å². The van der Waals surface area contributed by atoms with Crippen molar-refractivity contribution in [3.8, 4) is 17.2 Å². The van der Waals surface area contributed by atoms with E-state index in [0.29, 0.717) is 37.0 Å². The second-order valence-corrected chi connectivity index (χ2v) is 7.40. The number of anilines is 2. The van der Waals surface area contributed by atoms with E-state index in [-0.39, 0.29) is 17.6 Å². The minimum absolute atomic E-state index is 0.0532. The van der Waals surface area contributed by atoms with Crippen molar-refractivity contribution in [1.29, 1.82) is 0 Å². The number of ether oxygens (including phenoxy) is 3. The summed E-state index contributed by atoms with van der Waals surface area (Å²) in [5, 5.41) is 13.9. The van der Waals surface area contributed by atoms with E-state index >= 15 is 0 Å². The molecule has 1 aromatic heterocycles. The van der Waals surface area contributed by atoms with E-state index in [1.165, 1.54) is 14.2 Å². The Labute approximate surface area is 160 Å². The normalized spacial score (nSPS) is 19.4. The summed E-state index contributed by atoms with van der Waals surface area (Å²) in [6, 6.07) is 3.50. The van der Waals surface area contributed by atoms with Crippen molar-refractivity contribution in [2.75, 3.05) is 50.7 Å². The zero-order chi connectivity index (χ0) is 19.0. The molecule has 0 aliphatic carbocycles. The van der Waals surface area contributed by atoms with E-state index in [1.54, 1.807) is 23.5 Å². The number of nitrogens with zero attached hydrogens (tertiary/aromatic N) is 2. The first-order valence-electron chi connectivity index (χ1n) is 8.69. The second-order valence-electron chi connectivity index (χ2n) is 6.39. The van der Waals surface area contributed by atoms with Crippen molar-refractivity contribution in [1.82, 2.24) is 4.98 Å². The van der Waals surface area contributed by atoms with E-state index in [0.717, 1.165) is 28.7 Å². The van der Waals surface area contributed by atoms with Crippen LogP contribution >= 0.6 is 11.3 Å². The number of hydrogen-bond acceptors (Lipinski definition) is 8. The molecule has 8 nitrogen and oxygen atoms in total. The monoisotopic (exact) mass is 391 g/mol. The van der Waals surface area contributed by atoms with Crippen molar-refractivity contribution in [2.24, 2.45) is 0 Å². The summed E-state index contributed by atoms with van der Waals surface area (Å²) in [6.45, 7) is 2.91. The molecule has 2 aliphatic heterocycles. The molecule has 1 amide bonds. The van der Waals surface area contributed by atoms with Gasteiger partial charge in [-0.25, -0.2) is 4.98 Å². The molecule has 0 radical (unpaired) electrons. The van der Waals surface area contributed by atoms with Gasteiger partial charge < -0.3 is 29.5 Å². The molecule has 1 aromatic carbocycles. The summed E-state index contributed by atoms with van der Waals surface area (Å²) in [5.41, 5.74) is 0.842. The Morgan fingerprint density at radius 3 is 2.56 bits per heavy atom. The molecule has 3 heterocycles. The number of rotatable bonds is 4. The van der Waals surface area contributed by atoms with E-state index in [4.69, 9.17) is 14.2 Å². The molecule has 2 aromatic rings. The molecule has 0 bridgehead atoms. The first kappa shape index (κ1) is 17.9. The van der Waals surface area contributed by atoms with Gasteiger partial charge >= 0.3 is 0 Å². The summed E-state index contributed by atoms with van der Waals surface area (Å²) in [5.74, 6) is 0.919. The number of phenols is 1. The van der Waals surface area contributed by atoms with Gasteiger partial charge in [-0.1, -0.05) is 11.3 Å². The number of fused-ring (bicyclic) bond motifs is 1. The molecule has 0 spiro atoms. The average Bonchev–Trinajstić information content (AvgIpc) is 3.12. The number of benzene rings is 1. The van der Waals surface area contributed by atoms with Crippen LogP contribution in [0, 0.1) is 0 Å². The lowest BCUT2D eigenvalue weighted by atomic mass is 9.91. The molecule has 1 fully saturated rings. The summed E-state index contributed by atoms with van der Waals surface area (Å²) in [6.07, 6.45) is 0.300. The first-order valence-corrected chi connectivity index (χ1v) is 9.50. The van der Waals surface area contributed by atoms with Gasteiger partial charge in [-0.3, -0.25) is 4.79 Å². The molecule has 4 rings (SSSR count). The predicted octanol–water partition coefficient (Wildman–Crippen LogP) is 2.18. The number of methoxy groups -OCH3 is 2. The highest BCUT2D eigenvalue weighted by atomic mass is 32.1. The SMILES string of the molecule is COc1cc([C@@H]2CC(=O)Nc3nc(N4CCOCC4)sc32)cc(OC)c1O. The van der Waals surface area contributed by atoms with Crippen molar-refractivity contribution in [3.05, 3.63) is 22.6 Å². The van der Waals surface area contributed by atoms with E-state index in [1.807, 2.05) is 0 Å². The number of nitrogens with one attached hydrogen (secondary N) is 1. The fourth-order valence-electron chi connectivity index (χ4n) is 3.38. The fourth-order valence-corrected chi connectivity index (χ4v) is 4.58. The van der Waals surface area contributed by atoms with Gasteiger partial charge in [0.2, 0.25) is 11.7 Å². The number of carbonyl (C=O) groups is 1. The molecular weight excluding hydrogens is 370 g/mol. The number of morpholine rings is 1. The van der Waals surface area contributed by atoms with Gasteiger partial charge in [0.05, 0.1) is 32.3 Å². The van der Waals surface area contributed by atoms with Crippen LogP contribution in [-0.4, -0.2) is 56.5 Å². The Balaban J connectivity index is 1.75. The highest BCUT2D eigenvalue weighted by molar-refractivity contribution is 7.16. The first-order chi connectivity index (χ1) is 13.1. The lowest BCUT2D eigenvalue weighted by Crippen LogP contribution is -2.36. The lowest BCUT2D eigenvalue weighted by Gasteiger charge is -2.26. The van der Waals surface area contributed by atoms with Crippen LogP contribution in [0.15, 0.2) is 12.1 Å². The van der Waals surface area contributed by atoms with Crippen LogP contribution in [0.3, 0.4) is 0 Å². The van der Waals surface area contributed by atoms with Crippen molar-refractivity contribution < 1.29 is 24.1 Å². The zero-order valence-electron chi connectivity index (χ0n) is 15.2. The minimum Gasteiger partial charge on any atom is -0.502 e. The van der Waals surface area contributed by atoms with E-state index in [2.05, 4.69) is 15.2 Å². The molecule has 2 N–H and O–H groups in total. The average molecular weight is 391 g/mol. The Kier molecular flexibility index (Phi) is 4.79. The van der Waals surface area contributed by atoms with Gasteiger partial charge in [0.15, 0.2) is 16.6 Å². The fraction of sp³-hybridized carbons (Fsp3) is 0.444. The molecule has 0 saturated carbocycles. The maximum Gasteiger partial charge on any atom is 0.226 e. The standard InChI is InChI=1S/C18H21N3O5S/c1-24-12-7-10(8-13(25-2)15(12)23)11-9-14(22)19-17-16(11)27-18(20-17)21-3-5-26-6-4-21/h7-8,11,23H,3-6,9H2,1-2H3,(H,19,22)/t11-/m0/s1. The molecular formula is C18H21N3O5S. The third-order valence-corrected chi connectivity index (χ3v) is 6.02. The van der Waals surface area contributed by atoms with Crippen LogP contribution in [0.4, 0.5) is 10.9 Å². The third-order valence-electron chi connectivity index (χ3n) is 4.79. The summed E-state index contributed by atoms with van der Waals surface area (Å²) in [7, 11) is 2.97. The number of hydrogen-bond donors (Lipinski definition) is 2. The van der Waals surface area contributed by atoms with Crippen LogP contribution in [0.25, 0.3) is 0 Å². The number of aromatic hydroxyl groups is 1. The highest BCUT2D eigenvalue weighted by Gasteiger charge is 2.32. The maximum absolute atomic E-state index is 12.3. The Morgan fingerprint density at radius 2 is 1.93 bits per heavy atom. The number of amides is 1. The molecule has 9 heteroatoms. The smallest absolute Gasteiger partial charge is 0.226 e. The molecule has 27 heavy (non-hydrogen) atoms. The number of carbonyl (C=O) groups excluding carboxylic acids is 1. The van der Waals surface area contributed by atoms with Crippen LogP contribution in [0.2, 0.25) is 0 Å². The topological polar surface area (TPSA) is 93.2 Å². The lowest BCUT2D eigenvalue weighted by molar-refractivity contribution is -0.116. The van der Waals surface area contributed by atoms with Crippen molar-refractivity contribution in [3.63, 3.8) is 0 Å².